The maximum absolute atomic E-state index is 14.0. The Labute approximate surface area is 212 Å². The fraction of sp³-hybridized carbons (Fsp3) is 0.448. The number of methoxy groups -OCH3 is 1. The molecule has 7 heteroatoms. The van der Waals surface area contributed by atoms with Crippen LogP contribution in [0.4, 0.5) is 0 Å². The van der Waals surface area contributed by atoms with E-state index in [0.29, 0.717) is 24.6 Å². The van der Waals surface area contributed by atoms with Crippen molar-refractivity contribution in [1.29, 1.82) is 0 Å². The van der Waals surface area contributed by atoms with Crippen molar-refractivity contribution in [2.75, 3.05) is 26.7 Å². The highest BCUT2D eigenvalue weighted by molar-refractivity contribution is 6.01. The summed E-state index contributed by atoms with van der Waals surface area (Å²) in [5.74, 6) is 1.43. The van der Waals surface area contributed by atoms with E-state index in [1.807, 2.05) is 57.2 Å². The third kappa shape index (κ3) is 3.72. The molecule has 1 N–H and O–H groups in total. The summed E-state index contributed by atoms with van der Waals surface area (Å²) in [6, 6.07) is 14.1. The molecule has 0 radical (unpaired) electrons. The highest BCUT2D eigenvalue weighted by Gasteiger charge is 2.56. The fourth-order valence-electron chi connectivity index (χ4n) is 5.82. The van der Waals surface area contributed by atoms with E-state index < -0.39 is 5.54 Å². The molecule has 3 aromatic rings. The molecule has 1 aromatic heterocycles. The first-order valence-corrected chi connectivity index (χ1v) is 12.7. The number of rotatable bonds is 6. The van der Waals surface area contributed by atoms with Gasteiger partial charge in [0.1, 0.15) is 0 Å². The summed E-state index contributed by atoms with van der Waals surface area (Å²) in [6.07, 6.45) is 0.0196. The van der Waals surface area contributed by atoms with Crippen LogP contribution in [-0.4, -0.2) is 59.4 Å². The molecule has 2 aliphatic heterocycles. The molecule has 2 amide bonds. The number of piperazine rings is 1. The lowest BCUT2D eigenvalue weighted by Crippen LogP contribution is -2.67. The van der Waals surface area contributed by atoms with E-state index in [0.717, 1.165) is 27.7 Å². The topological polar surface area (TPSA) is 74.9 Å². The van der Waals surface area contributed by atoms with Crippen molar-refractivity contribution in [2.24, 2.45) is 5.92 Å². The highest BCUT2D eigenvalue weighted by Crippen LogP contribution is 2.49. The summed E-state index contributed by atoms with van der Waals surface area (Å²) >= 11 is 0. The number of aromatic nitrogens is 1. The zero-order chi connectivity index (χ0) is 25.8. The molecular weight excluding hydrogens is 454 g/mol. The molecular formula is C29H35N3O4. The predicted molar refractivity (Wildman–Crippen MR) is 139 cm³/mol. The Morgan fingerprint density at radius 2 is 1.83 bits per heavy atom. The molecule has 36 heavy (non-hydrogen) atoms. The number of hydrogen-bond donors (Lipinski definition) is 1. The lowest BCUT2D eigenvalue weighted by molar-refractivity contribution is -0.166. The van der Waals surface area contributed by atoms with Gasteiger partial charge in [0.05, 0.1) is 25.5 Å². The summed E-state index contributed by atoms with van der Waals surface area (Å²) in [6.45, 7) is 11.1. The van der Waals surface area contributed by atoms with Gasteiger partial charge < -0.3 is 24.3 Å². The van der Waals surface area contributed by atoms with E-state index in [1.54, 1.807) is 16.9 Å². The number of hydrogen-bond acceptors (Lipinski definition) is 4. The van der Waals surface area contributed by atoms with Crippen LogP contribution in [0.2, 0.25) is 0 Å². The zero-order valence-electron chi connectivity index (χ0n) is 21.9. The minimum Gasteiger partial charge on any atom is -0.493 e. The lowest BCUT2D eigenvalue weighted by atomic mass is 9.76. The van der Waals surface area contributed by atoms with Gasteiger partial charge in [-0.3, -0.25) is 9.59 Å². The predicted octanol–water partition coefficient (Wildman–Crippen LogP) is 4.65. The smallest absolute Gasteiger partial charge is 0.254 e. The highest BCUT2D eigenvalue weighted by atomic mass is 16.5. The van der Waals surface area contributed by atoms with Crippen LogP contribution < -0.4 is 9.47 Å². The quantitative estimate of drug-likeness (QED) is 0.547. The Morgan fingerprint density at radius 3 is 2.53 bits per heavy atom. The van der Waals surface area contributed by atoms with Gasteiger partial charge in [-0.2, -0.15) is 0 Å². The summed E-state index contributed by atoms with van der Waals surface area (Å²) in [4.78, 5) is 34.6. The molecule has 7 nitrogen and oxygen atoms in total. The third-order valence-corrected chi connectivity index (χ3v) is 7.36. The normalized spacial score (nSPS) is 21.8. The van der Waals surface area contributed by atoms with Gasteiger partial charge in [0.15, 0.2) is 17.0 Å². The number of carbonyl (C=O) groups is 2. The fourth-order valence-corrected chi connectivity index (χ4v) is 5.82. The largest absolute Gasteiger partial charge is 0.493 e. The van der Waals surface area contributed by atoms with Crippen molar-refractivity contribution < 1.29 is 19.1 Å². The van der Waals surface area contributed by atoms with Crippen LogP contribution in [-0.2, 0) is 15.1 Å². The molecule has 0 spiro atoms. The van der Waals surface area contributed by atoms with Crippen molar-refractivity contribution >= 4 is 22.7 Å². The molecule has 0 saturated carbocycles. The number of para-hydroxylation sites is 1. The SMILES string of the molecule is COc1cc(C2CN3C(=O)CN(CC(C)C)C(=O)C3(C)c3[nH]c4ccccc4c32)ccc1OC(C)C. The average Bonchev–Trinajstić information content (AvgIpc) is 3.23. The van der Waals surface area contributed by atoms with E-state index in [2.05, 4.69) is 24.9 Å². The summed E-state index contributed by atoms with van der Waals surface area (Å²) in [5.41, 5.74) is 2.76. The van der Waals surface area contributed by atoms with Crippen LogP contribution in [0, 0.1) is 5.92 Å². The molecule has 0 aliphatic carbocycles. The first-order valence-electron chi connectivity index (χ1n) is 12.7. The van der Waals surface area contributed by atoms with Crippen LogP contribution in [0.3, 0.4) is 0 Å². The van der Waals surface area contributed by atoms with Crippen molar-refractivity contribution in [1.82, 2.24) is 14.8 Å². The van der Waals surface area contributed by atoms with Gasteiger partial charge in [0.25, 0.3) is 5.91 Å². The van der Waals surface area contributed by atoms with E-state index in [1.165, 1.54) is 0 Å². The minimum atomic E-state index is -1.08. The Kier molecular flexibility index (Phi) is 5.97. The van der Waals surface area contributed by atoms with Gasteiger partial charge >= 0.3 is 0 Å². The number of H-pyrrole nitrogens is 1. The van der Waals surface area contributed by atoms with Crippen molar-refractivity contribution in [3.05, 3.63) is 59.3 Å². The van der Waals surface area contributed by atoms with Gasteiger partial charge in [-0.25, -0.2) is 0 Å². The number of benzene rings is 2. The lowest BCUT2D eigenvalue weighted by Gasteiger charge is -2.51. The standard InChI is InChI=1S/C29H35N3O4/c1-17(2)14-31-16-25(33)32-15-21(19-11-12-23(36-18(3)4)24(13-19)35-6)26-20-9-7-8-10-22(20)30-27(26)29(32,5)28(31)34/h7-13,17-18,21,30H,14-16H2,1-6H3. The van der Waals surface area contributed by atoms with Crippen molar-refractivity contribution in [3.8, 4) is 11.5 Å². The van der Waals surface area contributed by atoms with Crippen molar-refractivity contribution in [3.63, 3.8) is 0 Å². The molecule has 5 rings (SSSR count). The first kappa shape index (κ1) is 24.2. The average molecular weight is 490 g/mol. The number of aromatic amines is 1. The molecule has 3 heterocycles. The second kappa shape index (κ2) is 8.87. The number of carbonyl (C=O) groups excluding carboxylic acids is 2. The Morgan fingerprint density at radius 1 is 1.08 bits per heavy atom. The number of ether oxygens (including phenoxy) is 2. The Balaban J connectivity index is 1.69. The number of fused-ring (bicyclic) bond motifs is 5. The third-order valence-electron chi connectivity index (χ3n) is 7.36. The van der Waals surface area contributed by atoms with Crippen LogP contribution in [0.25, 0.3) is 10.9 Å². The van der Waals surface area contributed by atoms with Gasteiger partial charge in [-0.1, -0.05) is 38.1 Å². The zero-order valence-corrected chi connectivity index (χ0v) is 21.9. The molecule has 1 saturated heterocycles. The van der Waals surface area contributed by atoms with Crippen LogP contribution >= 0.6 is 0 Å². The van der Waals surface area contributed by atoms with E-state index in [9.17, 15) is 9.59 Å². The van der Waals surface area contributed by atoms with E-state index in [4.69, 9.17) is 9.47 Å². The van der Waals surface area contributed by atoms with Gasteiger partial charge in [-0.05, 0) is 56.0 Å². The van der Waals surface area contributed by atoms with Crippen LogP contribution in [0.5, 0.6) is 11.5 Å². The Hall–Kier alpha value is -3.48. The number of nitrogens with zero attached hydrogens (tertiary/aromatic N) is 2. The molecule has 2 aliphatic rings. The molecule has 2 atom stereocenters. The molecule has 0 bridgehead atoms. The van der Waals surface area contributed by atoms with Gasteiger partial charge in [0, 0.05) is 29.9 Å². The number of amides is 2. The summed E-state index contributed by atoms with van der Waals surface area (Å²) in [5, 5.41) is 1.07. The van der Waals surface area contributed by atoms with Crippen LogP contribution in [0.15, 0.2) is 42.5 Å². The molecule has 2 aromatic carbocycles. The van der Waals surface area contributed by atoms with Gasteiger partial charge in [-0.15, -0.1) is 0 Å². The molecule has 1 fully saturated rings. The Bertz CT molecular complexity index is 1330. The maximum Gasteiger partial charge on any atom is 0.254 e. The molecule has 2 unspecified atom stereocenters. The molecule has 190 valence electrons. The maximum atomic E-state index is 14.0. The summed E-state index contributed by atoms with van der Waals surface area (Å²) < 4.78 is 11.6. The van der Waals surface area contributed by atoms with Crippen molar-refractivity contribution in [2.45, 2.75) is 52.2 Å². The second-order valence-electron chi connectivity index (χ2n) is 10.7. The first-order chi connectivity index (χ1) is 17.1. The second-order valence-corrected chi connectivity index (χ2v) is 10.7. The van der Waals surface area contributed by atoms with E-state index >= 15 is 0 Å². The van der Waals surface area contributed by atoms with Crippen LogP contribution in [0.1, 0.15) is 57.4 Å². The van der Waals surface area contributed by atoms with Gasteiger partial charge in [0.2, 0.25) is 5.91 Å². The van der Waals surface area contributed by atoms with E-state index in [-0.39, 0.29) is 36.3 Å². The minimum absolute atomic E-state index is 0.0196. The monoisotopic (exact) mass is 489 g/mol. The number of nitrogens with one attached hydrogen (secondary N) is 1. The summed E-state index contributed by atoms with van der Waals surface area (Å²) in [7, 11) is 1.64.